The zero-order chi connectivity index (χ0) is 15.6. The van der Waals surface area contributed by atoms with Crippen LogP contribution in [0.3, 0.4) is 0 Å². The van der Waals surface area contributed by atoms with Crippen LogP contribution in [0.4, 0.5) is 17.6 Å². The van der Waals surface area contributed by atoms with E-state index in [2.05, 4.69) is 4.74 Å². The molecule has 0 bridgehead atoms. The first-order chi connectivity index (χ1) is 9.03. The normalized spacial score (nSPS) is 12.4. The van der Waals surface area contributed by atoms with Crippen LogP contribution < -0.4 is 0 Å². The van der Waals surface area contributed by atoms with Gasteiger partial charge in [-0.2, -0.15) is 0 Å². The first-order valence-electron chi connectivity index (χ1n) is 4.99. The number of aromatic carboxylic acids is 1. The number of halogens is 4. The molecule has 1 aromatic rings. The third-order valence-electron chi connectivity index (χ3n) is 2.15. The Hall–Kier alpha value is -1.68. The molecule has 0 unspecified atom stereocenters. The molecule has 0 saturated carbocycles. The number of hydrogen-bond donors (Lipinski definition) is 1. The standard InChI is InChI=1S/C10H8F4O5S/c11-8-2-1-6(5-7(8)9(15)16)20(17,18)4-3-19-10(12,13)14/h1-2,5H,3-4H2,(H,15,16). The number of carbonyl (C=O) groups is 1. The molecule has 0 aliphatic rings. The lowest BCUT2D eigenvalue weighted by Gasteiger charge is -2.08. The van der Waals surface area contributed by atoms with Crippen LogP contribution in [-0.2, 0) is 14.6 Å². The van der Waals surface area contributed by atoms with Crippen LogP contribution >= 0.6 is 0 Å². The summed E-state index contributed by atoms with van der Waals surface area (Å²) in [5, 5.41) is 8.63. The molecule has 1 rings (SSSR count). The van der Waals surface area contributed by atoms with Gasteiger partial charge in [0.1, 0.15) is 5.82 Å². The summed E-state index contributed by atoms with van der Waals surface area (Å²) in [7, 11) is -4.21. The fourth-order valence-corrected chi connectivity index (χ4v) is 2.36. The maximum absolute atomic E-state index is 13.1. The van der Waals surface area contributed by atoms with E-state index in [9.17, 15) is 30.8 Å². The number of benzene rings is 1. The van der Waals surface area contributed by atoms with Crippen molar-refractivity contribution in [1.82, 2.24) is 0 Å². The molecule has 5 nitrogen and oxygen atoms in total. The predicted molar refractivity (Wildman–Crippen MR) is 57.4 cm³/mol. The van der Waals surface area contributed by atoms with E-state index in [1.807, 2.05) is 0 Å². The molecule has 20 heavy (non-hydrogen) atoms. The van der Waals surface area contributed by atoms with Gasteiger partial charge in [0, 0.05) is 0 Å². The fourth-order valence-electron chi connectivity index (χ4n) is 1.25. The van der Waals surface area contributed by atoms with Crippen molar-refractivity contribution in [3.63, 3.8) is 0 Å². The maximum Gasteiger partial charge on any atom is 0.522 e. The van der Waals surface area contributed by atoms with E-state index in [1.54, 1.807) is 0 Å². The van der Waals surface area contributed by atoms with Crippen molar-refractivity contribution in [3.8, 4) is 0 Å². The van der Waals surface area contributed by atoms with E-state index in [1.165, 1.54) is 0 Å². The van der Waals surface area contributed by atoms with E-state index in [0.717, 1.165) is 6.07 Å². The lowest BCUT2D eigenvalue weighted by atomic mass is 10.2. The molecule has 0 heterocycles. The molecule has 0 radical (unpaired) electrons. The highest BCUT2D eigenvalue weighted by Gasteiger charge is 2.30. The summed E-state index contributed by atoms with van der Waals surface area (Å²) >= 11 is 0. The second-order valence-electron chi connectivity index (χ2n) is 3.56. The summed E-state index contributed by atoms with van der Waals surface area (Å²) < 4.78 is 74.8. The number of hydrogen-bond acceptors (Lipinski definition) is 4. The number of sulfone groups is 1. The molecule has 0 amide bonds. The molecular formula is C10H8F4O5S. The number of carboxylic acid groups (broad SMARTS) is 1. The first-order valence-corrected chi connectivity index (χ1v) is 6.64. The Morgan fingerprint density at radius 2 is 1.90 bits per heavy atom. The summed E-state index contributed by atoms with van der Waals surface area (Å²) in [4.78, 5) is 10.0. The van der Waals surface area contributed by atoms with E-state index >= 15 is 0 Å². The van der Waals surface area contributed by atoms with Gasteiger partial charge in [-0.15, -0.1) is 13.2 Å². The minimum atomic E-state index is -4.97. The number of ether oxygens (including phenoxy) is 1. The van der Waals surface area contributed by atoms with Crippen molar-refractivity contribution in [3.05, 3.63) is 29.6 Å². The van der Waals surface area contributed by atoms with Gasteiger partial charge in [0.05, 0.1) is 22.8 Å². The van der Waals surface area contributed by atoms with Crippen molar-refractivity contribution in [2.24, 2.45) is 0 Å². The average molecular weight is 316 g/mol. The highest BCUT2D eigenvalue weighted by molar-refractivity contribution is 7.91. The Bertz CT molecular complexity index is 609. The van der Waals surface area contributed by atoms with Crippen LogP contribution in [0.15, 0.2) is 23.1 Å². The largest absolute Gasteiger partial charge is 0.522 e. The summed E-state index contributed by atoms with van der Waals surface area (Å²) in [6, 6.07) is 1.92. The maximum atomic E-state index is 13.1. The van der Waals surface area contributed by atoms with Crippen LogP contribution in [0, 0.1) is 5.82 Å². The van der Waals surface area contributed by atoms with Crippen molar-refractivity contribution in [1.29, 1.82) is 0 Å². The van der Waals surface area contributed by atoms with Crippen LogP contribution in [0.2, 0.25) is 0 Å². The van der Waals surface area contributed by atoms with E-state index in [4.69, 9.17) is 5.11 Å². The molecule has 112 valence electrons. The predicted octanol–water partition coefficient (Wildman–Crippen LogP) is 1.83. The molecule has 0 saturated heterocycles. The summed E-state index contributed by atoms with van der Waals surface area (Å²) in [6.45, 7) is -1.15. The van der Waals surface area contributed by atoms with Crippen molar-refractivity contribution in [2.75, 3.05) is 12.4 Å². The highest BCUT2D eigenvalue weighted by atomic mass is 32.2. The zero-order valence-corrected chi connectivity index (χ0v) is 10.5. The Morgan fingerprint density at radius 3 is 2.40 bits per heavy atom. The molecular weight excluding hydrogens is 308 g/mol. The Balaban J connectivity index is 2.93. The molecule has 10 heteroatoms. The molecule has 0 aliphatic heterocycles. The van der Waals surface area contributed by atoms with Crippen molar-refractivity contribution >= 4 is 15.8 Å². The highest BCUT2D eigenvalue weighted by Crippen LogP contribution is 2.19. The van der Waals surface area contributed by atoms with Gasteiger partial charge in [-0.3, -0.25) is 4.74 Å². The Kier molecular flexibility index (Phi) is 4.71. The fraction of sp³-hybridized carbons (Fsp3) is 0.300. The number of alkyl halides is 3. The lowest BCUT2D eigenvalue weighted by molar-refractivity contribution is -0.322. The van der Waals surface area contributed by atoms with Gasteiger partial charge in [0.2, 0.25) is 0 Å². The number of carboxylic acids is 1. The van der Waals surface area contributed by atoms with Crippen molar-refractivity contribution in [2.45, 2.75) is 11.3 Å². The van der Waals surface area contributed by atoms with Gasteiger partial charge >= 0.3 is 12.3 Å². The first kappa shape index (κ1) is 16.4. The molecule has 1 N–H and O–H groups in total. The second-order valence-corrected chi connectivity index (χ2v) is 5.67. The second kappa shape index (κ2) is 5.75. The monoisotopic (exact) mass is 316 g/mol. The van der Waals surface area contributed by atoms with Gasteiger partial charge in [-0.25, -0.2) is 17.6 Å². The summed E-state index contributed by atoms with van der Waals surface area (Å²) in [5.41, 5.74) is -0.886. The summed E-state index contributed by atoms with van der Waals surface area (Å²) in [5.74, 6) is -3.86. The molecule has 0 spiro atoms. The van der Waals surface area contributed by atoms with Crippen LogP contribution in [0.1, 0.15) is 10.4 Å². The Labute approximate surface area is 110 Å². The topological polar surface area (TPSA) is 80.7 Å². The Morgan fingerprint density at radius 1 is 1.30 bits per heavy atom. The van der Waals surface area contributed by atoms with Crippen LogP contribution in [0.5, 0.6) is 0 Å². The summed E-state index contributed by atoms with van der Waals surface area (Å²) in [6.07, 6.45) is -4.97. The van der Waals surface area contributed by atoms with Gasteiger partial charge in [-0.1, -0.05) is 0 Å². The lowest BCUT2D eigenvalue weighted by Crippen LogP contribution is -2.20. The van der Waals surface area contributed by atoms with E-state index in [0.29, 0.717) is 12.1 Å². The zero-order valence-electron chi connectivity index (χ0n) is 9.65. The van der Waals surface area contributed by atoms with Gasteiger partial charge in [0.25, 0.3) is 0 Å². The van der Waals surface area contributed by atoms with E-state index < -0.39 is 50.8 Å². The van der Waals surface area contributed by atoms with Gasteiger partial charge < -0.3 is 5.11 Å². The SMILES string of the molecule is O=C(O)c1cc(S(=O)(=O)CCOC(F)(F)F)ccc1F. The molecule has 0 aliphatic carbocycles. The van der Waals surface area contributed by atoms with Crippen molar-refractivity contribution < 1.29 is 40.6 Å². The molecule has 0 atom stereocenters. The minimum absolute atomic E-state index is 0.542. The average Bonchev–Trinajstić information content (AvgIpc) is 2.26. The third-order valence-corrected chi connectivity index (χ3v) is 3.82. The molecule has 0 fully saturated rings. The smallest absolute Gasteiger partial charge is 0.478 e. The molecule has 0 aromatic heterocycles. The van der Waals surface area contributed by atoms with Crippen LogP contribution in [-0.4, -0.2) is 38.2 Å². The van der Waals surface area contributed by atoms with Gasteiger partial charge in [-0.05, 0) is 18.2 Å². The quantitative estimate of drug-likeness (QED) is 0.662. The van der Waals surface area contributed by atoms with Gasteiger partial charge in [0.15, 0.2) is 9.84 Å². The number of rotatable bonds is 5. The minimum Gasteiger partial charge on any atom is -0.478 e. The molecule has 1 aromatic carbocycles. The third kappa shape index (κ3) is 4.46. The van der Waals surface area contributed by atoms with E-state index in [-0.39, 0.29) is 0 Å². The van der Waals surface area contributed by atoms with Crippen LogP contribution in [0.25, 0.3) is 0 Å².